The highest BCUT2D eigenvalue weighted by molar-refractivity contribution is 6.04. The number of piperidine rings is 1. The predicted octanol–water partition coefficient (Wildman–Crippen LogP) is 3.82. The van der Waals surface area contributed by atoms with Crippen LogP contribution in [0.15, 0.2) is 73.1 Å². The first-order chi connectivity index (χ1) is 15.6. The Labute approximate surface area is 187 Å². The summed E-state index contributed by atoms with van der Waals surface area (Å²) in [7, 11) is 0. The number of ether oxygens (including phenoxy) is 1. The number of hydrogen-bond acceptors (Lipinski definition) is 5. The summed E-state index contributed by atoms with van der Waals surface area (Å²) < 4.78 is 5.70. The Morgan fingerprint density at radius 2 is 1.84 bits per heavy atom. The van der Waals surface area contributed by atoms with Crippen molar-refractivity contribution in [3.05, 3.63) is 84.2 Å². The molecule has 1 fully saturated rings. The molecule has 1 aliphatic rings. The Morgan fingerprint density at radius 3 is 2.53 bits per heavy atom. The third-order valence-corrected chi connectivity index (χ3v) is 5.51. The van der Waals surface area contributed by atoms with Crippen LogP contribution in [0.2, 0.25) is 0 Å². The minimum atomic E-state index is -0.218. The molecule has 32 heavy (non-hydrogen) atoms. The lowest BCUT2D eigenvalue weighted by Crippen LogP contribution is -2.40. The van der Waals surface area contributed by atoms with Crippen LogP contribution in [0.5, 0.6) is 11.5 Å². The molecule has 1 saturated heterocycles. The highest BCUT2D eigenvalue weighted by Crippen LogP contribution is 2.22. The van der Waals surface area contributed by atoms with Crippen molar-refractivity contribution in [2.45, 2.75) is 19.4 Å². The van der Waals surface area contributed by atoms with Crippen LogP contribution in [0.3, 0.4) is 0 Å². The number of primary amides is 1. The monoisotopic (exact) mass is 430 g/mol. The Kier molecular flexibility index (Phi) is 6.77. The second-order valence-corrected chi connectivity index (χ2v) is 7.94. The first kappa shape index (κ1) is 21.5. The molecule has 1 unspecified atom stereocenters. The number of aromatic nitrogens is 1. The second-order valence-electron chi connectivity index (χ2n) is 7.94. The molecule has 0 radical (unpaired) electrons. The van der Waals surface area contributed by atoms with Gasteiger partial charge in [-0.1, -0.05) is 12.1 Å². The Balaban J connectivity index is 1.31. The number of rotatable bonds is 7. The zero-order valence-corrected chi connectivity index (χ0v) is 17.7. The van der Waals surface area contributed by atoms with Gasteiger partial charge in [0.2, 0.25) is 5.91 Å². The number of carbonyl (C=O) groups is 2. The molecular weight excluding hydrogens is 404 g/mol. The maximum atomic E-state index is 12.6. The van der Waals surface area contributed by atoms with Crippen molar-refractivity contribution in [1.82, 2.24) is 9.88 Å². The number of amides is 2. The van der Waals surface area contributed by atoms with Crippen molar-refractivity contribution < 1.29 is 14.3 Å². The lowest BCUT2D eigenvalue weighted by Gasteiger charge is -2.31. The van der Waals surface area contributed by atoms with Gasteiger partial charge in [0.25, 0.3) is 5.91 Å². The second kappa shape index (κ2) is 10.1. The lowest BCUT2D eigenvalue weighted by atomic mass is 9.97. The van der Waals surface area contributed by atoms with Gasteiger partial charge >= 0.3 is 0 Å². The first-order valence-corrected chi connectivity index (χ1v) is 10.7. The van der Waals surface area contributed by atoms with E-state index in [9.17, 15) is 9.59 Å². The molecule has 0 aliphatic carbocycles. The van der Waals surface area contributed by atoms with Gasteiger partial charge in [-0.3, -0.25) is 19.5 Å². The summed E-state index contributed by atoms with van der Waals surface area (Å²) in [5.74, 6) is 0.800. The smallest absolute Gasteiger partial charge is 0.255 e. The van der Waals surface area contributed by atoms with E-state index in [-0.39, 0.29) is 17.7 Å². The summed E-state index contributed by atoms with van der Waals surface area (Å²) in [6, 6.07) is 18.3. The molecule has 2 amide bonds. The number of likely N-dealkylation sites (tertiary alicyclic amines) is 1. The van der Waals surface area contributed by atoms with Crippen LogP contribution in [0.4, 0.5) is 5.69 Å². The predicted molar refractivity (Wildman–Crippen MR) is 122 cm³/mol. The molecule has 7 nitrogen and oxygen atoms in total. The number of carbonyl (C=O) groups excluding carboxylic acids is 2. The normalized spacial score (nSPS) is 16.3. The van der Waals surface area contributed by atoms with Crippen LogP contribution in [-0.2, 0) is 11.3 Å². The lowest BCUT2D eigenvalue weighted by molar-refractivity contribution is -0.123. The fraction of sp³-hybridized carbons (Fsp3) is 0.240. The largest absolute Gasteiger partial charge is 0.456 e. The average molecular weight is 431 g/mol. The SMILES string of the molecule is NC(=O)C1CCCN(Cc2ccc(NC(=O)c3ccc(Oc4cccnc4)cc3)cc2)C1. The van der Waals surface area contributed by atoms with Gasteiger partial charge in [-0.2, -0.15) is 0 Å². The van der Waals surface area contributed by atoms with Gasteiger partial charge in [0.05, 0.1) is 12.1 Å². The van der Waals surface area contributed by atoms with Crippen LogP contribution in [0, 0.1) is 5.92 Å². The van der Waals surface area contributed by atoms with E-state index in [0.717, 1.165) is 37.2 Å². The zero-order valence-electron chi connectivity index (χ0n) is 17.7. The van der Waals surface area contributed by atoms with Crippen LogP contribution in [-0.4, -0.2) is 34.8 Å². The van der Waals surface area contributed by atoms with Gasteiger partial charge < -0.3 is 15.8 Å². The fourth-order valence-electron chi connectivity index (χ4n) is 3.80. The first-order valence-electron chi connectivity index (χ1n) is 10.7. The third kappa shape index (κ3) is 5.70. The molecule has 3 N–H and O–H groups in total. The van der Waals surface area contributed by atoms with Gasteiger partial charge in [0, 0.05) is 30.5 Å². The molecule has 1 atom stereocenters. The van der Waals surface area contributed by atoms with Crippen molar-refractivity contribution in [1.29, 1.82) is 0 Å². The molecule has 7 heteroatoms. The summed E-state index contributed by atoms with van der Waals surface area (Å²) in [5.41, 5.74) is 7.86. The molecular formula is C25H26N4O3. The van der Waals surface area contributed by atoms with E-state index in [1.807, 2.05) is 30.3 Å². The third-order valence-electron chi connectivity index (χ3n) is 5.51. The topological polar surface area (TPSA) is 97.6 Å². The van der Waals surface area contributed by atoms with Gasteiger partial charge in [0.1, 0.15) is 11.5 Å². The maximum Gasteiger partial charge on any atom is 0.255 e. The van der Waals surface area contributed by atoms with E-state index in [1.54, 1.807) is 42.7 Å². The molecule has 0 bridgehead atoms. The molecule has 2 aromatic carbocycles. The van der Waals surface area contributed by atoms with E-state index in [4.69, 9.17) is 10.5 Å². The summed E-state index contributed by atoms with van der Waals surface area (Å²) in [6.45, 7) is 2.42. The van der Waals surface area contributed by atoms with E-state index in [1.165, 1.54) is 0 Å². The molecule has 2 heterocycles. The highest BCUT2D eigenvalue weighted by atomic mass is 16.5. The molecule has 1 aliphatic heterocycles. The van der Waals surface area contributed by atoms with Crippen molar-refractivity contribution in [3.63, 3.8) is 0 Å². The zero-order chi connectivity index (χ0) is 22.3. The minimum absolute atomic E-state index is 0.0662. The summed E-state index contributed by atoms with van der Waals surface area (Å²) in [4.78, 5) is 30.3. The van der Waals surface area contributed by atoms with Crippen molar-refractivity contribution >= 4 is 17.5 Å². The van der Waals surface area contributed by atoms with E-state index in [2.05, 4.69) is 15.2 Å². The standard InChI is InChI=1S/C25H26N4O3/c26-24(30)20-3-2-14-29(17-20)16-18-5-9-21(10-6-18)28-25(31)19-7-11-22(12-8-19)32-23-4-1-13-27-15-23/h1,4-13,15,20H,2-3,14,16-17H2,(H2,26,30)(H,28,31). The van der Waals surface area contributed by atoms with E-state index < -0.39 is 0 Å². The number of nitrogens with two attached hydrogens (primary N) is 1. The average Bonchev–Trinajstić information content (AvgIpc) is 2.82. The van der Waals surface area contributed by atoms with E-state index in [0.29, 0.717) is 23.6 Å². The van der Waals surface area contributed by atoms with Crippen LogP contribution in [0.1, 0.15) is 28.8 Å². The molecule has 0 spiro atoms. The van der Waals surface area contributed by atoms with Gasteiger partial charge in [-0.25, -0.2) is 0 Å². The van der Waals surface area contributed by atoms with Gasteiger partial charge in [-0.05, 0) is 73.5 Å². The van der Waals surface area contributed by atoms with Crippen molar-refractivity contribution in [2.24, 2.45) is 11.7 Å². The number of benzene rings is 2. The number of pyridine rings is 1. The Hall–Kier alpha value is -3.71. The summed E-state index contributed by atoms with van der Waals surface area (Å²) in [5, 5.41) is 2.92. The van der Waals surface area contributed by atoms with Crippen LogP contribution in [0.25, 0.3) is 0 Å². The highest BCUT2D eigenvalue weighted by Gasteiger charge is 2.23. The maximum absolute atomic E-state index is 12.6. The Bertz CT molecular complexity index is 1050. The summed E-state index contributed by atoms with van der Waals surface area (Å²) in [6.07, 6.45) is 5.16. The molecule has 3 aromatic rings. The van der Waals surface area contributed by atoms with Crippen molar-refractivity contribution in [3.8, 4) is 11.5 Å². The van der Waals surface area contributed by atoms with E-state index >= 15 is 0 Å². The number of anilines is 1. The van der Waals surface area contributed by atoms with Gasteiger partial charge in [0.15, 0.2) is 0 Å². The molecule has 4 rings (SSSR count). The van der Waals surface area contributed by atoms with Crippen LogP contribution < -0.4 is 15.8 Å². The molecule has 0 saturated carbocycles. The molecule has 1 aromatic heterocycles. The number of hydrogen-bond donors (Lipinski definition) is 2. The Morgan fingerprint density at radius 1 is 1.06 bits per heavy atom. The summed E-state index contributed by atoms with van der Waals surface area (Å²) >= 11 is 0. The number of nitrogens with zero attached hydrogens (tertiary/aromatic N) is 2. The quantitative estimate of drug-likeness (QED) is 0.594. The molecule has 164 valence electrons. The van der Waals surface area contributed by atoms with Gasteiger partial charge in [-0.15, -0.1) is 0 Å². The number of nitrogens with one attached hydrogen (secondary N) is 1. The van der Waals surface area contributed by atoms with Crippen molar-refractivity contribution in [2.75, 3.05) is 18.4 Å². The minimum Gasteiger partial charge on any atom is -0.456 e. The van der Waals surface area contributed by atoms with Crippen LogP contribution >= 0.6 is 0 Å². The fourth-order valence-corrected chi connectivity index (χ4v) is 3.80.